The van der Waals surface area contributed by atoms with Crippen LogP contribution in [0.4, 0.5) is 0 Å². The standard InChI is InChI=1S/C6H19NSi2.Pr/c1-8(2,3)7-9(4,5)6;/h7H,1-6H3;. The van der Waals surface area contributed by atoms with Crippen LogP contribution in [0, 0.1) is 41.3 Å². The molecule has 0 aliphatic carbocycles. The van der Waals surface area contributed by atoms with E-state index < -0.39 is 16.5 Å². The minimum absolute atomic E-state index is 0. The summed E-state index contributed by atoms with van der Waals surface area (Å²) in [5.74, 6) is 0. The molecule has 0 amide bonds. The van der Waals surface area contributed by atoms with Crippen LogP contribution in [0.15, 0.2) is 0 Å². The summed E-state index contributed by atoms with van der Waals surface area (Å²) in [5, 5.41) is 0. The first-order valence-corrected chi connectivity index (χ1v) is 10.5. The molecule has 59 valence electrons. The van der Waals surface area contributed by atoms with Crippen molar-refractivity contribution in [3.05, 3.63) is 0 Å². The molecule has 0 bridgehead atoms. The summed E-state index contributed by atoms with van der Waals surface area (Å²) in [7, 11) is -1.96. The van der Waals surface area contributed by atoms with E-state index in [0.717, 1.165) is 0 Å². The minimum atomic E-state index is -0.981. The van der Waals surface area contributed by atoms with E-state index in [-0.39, 0.29) is 41.3 Å². The summed E-state index contributed by atoms with van der Waals surface area (Å²) in [4.78, 5) is 0. The Morgan fingerprint density at radius 3 is 0.900 bits per heavy atom. The smallest absolute Gasteiger partial charge is 0.109 e. The molecule has 0 aromatic rings. The summed E-state index contributed by atoms with van der Waals surface area (Å²) in [6.45, 7) is 14.1. The molecule has 0 fully saturated rings. The molecular formula is C6H19NPrSi2. The Morgan fingerprint density at radius 1 is 0.700 bits per heavy atom. The fourth-order valence-electron chi connectivity index (χ4n) is 1.12. The molecule has 0 unspecified atom stereocenters. The third-order valence-corrected chi connectivity index (χ3v) is 6.75. The average Bonchev–Trinajstić information content (AvgIpc) is 1.14. The Kier molecular flexibility index (Phi) is 6.72. The van der Waals surface area contributed by atoms with E-state index in [4.69, 9.17) is 0 Å². The SMILES string of the molecule is C[Si](C)(C)N[Si](C)(C)C.[Pr]. The molecule has 0 saturated heterocycles. The van der Waals surface area contributed by atoms with E-state index in [9.17, 15) is 0 Å². The van der Waals surface area contributed by atoms with Gasteiger partial charge in [0, 0.05) is 41.3 Å². The molecule has 0 heterocycles. The van der Waals surface area contributed by atoms with Crippen molar-refractivity contribution in [1.82, 2.24) is 4.65 Å². The quantitative estimate of drug-likeness (QED) is 0.772. The van der Waals surface area contributed by atoms with Gasteiger partial charge in [0.05, 0.1) is 0 Å². The fourth-order valence-corrected chi connectivity index (χ4v) is 10.1. The predicted octanol–water partition coefficient (Wildman–Crippen LogP) is 2.25. The number of hydrogen-bond acceptors (Lipinski definition) is 1. The van der Waals surface area contributed by atoms with Crippen molar-refractivity contribution in [2.45, 2.75) is 39.3 Å². The zero-order valence-corrected chi connectivity index (χ0v) is 13.8. The van der Waals surface area contributed by atoms with E-state index in [2.05, 4.69) is 43.9 Å². The molecule has 0 aromatic heterocycles. The van der Waals surface area contributed by atoms with Crippen LogP contribution in [0.25, 0.3) is 0 Å². The van der Waals surface area contributed by atoms with Crippen LogP contribution in [0.1, 0.15) is 0 Å². The number of rotatable bonds is 2. The van der Waals surface area contributed by atoms with Gasteiger partial charge in [-0.2, -0.15) is 0 Å². The fraction of sp³-hybridized carbons (Fsp3) is 1.00. The number of nitrogens with one attached hydrogen (secondary N) is 1. The average molecular weight is 302 g/mol. The van der Waals surface area contributed by atoms with Crippen LogP contribution in [0.5, 0.6) is 0 Å². The van der Waals surface area contributed by atoms with Gasteiger partial charge < -0.3 is 4.65 Å². The molecular weight excluding hydrogens is 283 g/mol. The minimum Gasteiger partial charge on any atom is -0.360 e. The van der Waals surface area contributed by atoms with E-state index in [0.29, 0.717) is 0 Å². The Labute approximate surface area is 100 Å². The van der Waals surface area contributed by atoms with E-state index >= 15 is 0 Å². The maximum absolute atomic E-state index is 3.74. The molecule has 1 nitrogen and oxygen atoms in total. The van der Waals surface area contributed by atoms with Gasteiger partial charge >= 0.3 is 0 Å². The van der Waals surface area contributed by atoms with Crippen molar-refractivity contribution < 1.29 is 41.3 Å². The molecule has 0 aromatic carbocycles. The summed E-state index contributed by atoms with van der Waals surface area (Å²) in [6, 6.07) is 0. The Bertz CT molecular complexity index is 80.9. The predicted molar refractivity (Wildman–Crippen MR) is 49.8 cm³/mol. The zero-order valence-electron chi connectivity index (χ0n) is 8.08. The largest absolute Gasteiger partial charge is 0.360 e. The van der Waals surface area contributed by atoms with Crippen molar-refractivity contribution >= 4 is 16.5 Å². The molecule has 0 atom stereocenters. The first-order valence-electron chi connectivity index (χ1n) is 3.50. The van der Waals surface area contributed by atoms with Crippen LogP contribution < -0.4 is 4.65 Å². The third-order valence-electron chi connectivity index (χ3n) is 0.750. The summed E-state index contributed by atoms with van der Waals surface area (Å²) >= 11 is 0. The second-order valence-electron chi connectivity index (χ2n) is 4.62. The summed E-state index contributed by atoms with van der Waals surface area (Å²) in [5.41, 5.74) is 0. The normalized spacial score (nSPS) is 12.6. The van der Waals surface area contributed by atoms with Crippen LogP contribution in [-0.2, 0) is 0 Å². The monoisotopic (exact) mass is 302 g/mol. The third kappa shape index (κ3) is 12.4. The summed E-state index contributed by atoms with van der Waals surface area (Å²) in [6.07, 6.45) is 0. The second-order valence-corrected chi connectivity index (χ2v) is 14.6. The number of hydrogen-bond donors (Lipinski definition) is 1. The Morgan fingerprint density at radius 2 is 0.900 bits per heavy atom. The maximum Gasteiger partial charge on any atom is 0.109 e. The van der Waals surface area contributed by atoms with Gasteiger partial charge in [0.25, 0.3) is 0 Å². The van der Waals surface area contributed by atoms with E-state index in [1.165, 1.54) is 0 Å². The Hall–Kier alpha value is 1.76. The molecule has 0 saturated carbocycles. The molecule has 0 aliphatic heterocycles. The second kappa shape index (κ2) is 4.70. The molecule has 1 N–H and O–H groups in total. The van der Waals surface area contributed by atoms with Crippen LogP contribution in [0.2, 0.25) is 39.3 Å². The molecule has 0 aliphatic rings. The van der Waals surface area contributed by atoms with Crippen molar-refractivity contribution in [3.8, 4) is 0 Å². The summed E-state index contributed by atoms with van der Waals surface area (Å²) < 4.78 is 3.74. The topological polar surface area (TPSA) is 12.0 Å². The van der Waals surface area contributed by atoms with Gasteiger partial charge in [-0.1, -0.05) is 39.3 Å². The van der Waals surface area contributed by atoms with E-state index in [1.54, 1.807) is 0 Å². The van der Waals surface area contributed by atoms with Gasteiger partial charge in [-0.05, 0) is 0 Å². The van der Waals surface area contributed by atoms with Crippen LogP contribution >= 0.6 is 0 Å². The maximum atomic E-state index is 3.74. The molecule has 1 radical (unpaired) electrons. The molecule has 4 heteroatoms. The van der Waals surface area contributed by atoms with Gasteiger partial charge in [-0.3, -0.25) is 0 Å². The van der Waals surface area contributed by atoms with Crippen molar-refractivity contribution in [2.24, 2.45) is 0 Å². The van der Waals surface area contributed by atoms with Gasteiger partial charge in [-0.25, -0.2) is 0 Å². The van der Waals surface area contributed by atoms with Crippen molar-refractivity contribution in [3.63, 3.8) is 0 Å². The van der Waals surface area contributed by atoms with Crippen molar-refractivity contribution in [2.75, 3.05) is 0 Å². The van der Waals surface area contributed by atoms with Crippen LogP contribution in [0.3, 0.4) is 0 Å². The van der Waals surface area contributed by atoms with Gasteiger partial charge in [0.15, 0.2) is 0 Å². The van der Waals surface area contributed by atoms with Gasteiger partial charge in [0.2, 0.25) is 0 Å². The first kappa shape index (κ1) is 14.3. The van der Waals surface area contributed by atoms with Gasteiger partial charge in [0.1, 0.15) is 16.5 Å². The Balaban J connectivity index is 0. The molecule has 10 heavy (non-hydrogen) atoms. The zero-order chi connectivity index (χ0) is 7.71. The van der Waals surface area contributed by atoms with E-state index in [1.807, 2.05) is 0 Å². The van der Waals surface area contributed by atoms with Crippen molar-refractivity contribution in [1.29, 1.82) is 0 Å². The van der Waals surface area contributed by atoms with Gasteiger partial charge in [-0.15, -0.1) is 0 Å². The molecule has 0 rings (SSSR count). The first-order chi connectivity index (χ1) is 3.71. The molecule has 0 spiro atoms. The van der Waals surface area contributed by atoms with Crippen LogP contribution in [-0.4, -0.2) is 16.5 Å².